The highest BCUT2D eigenvalue weighted by atomic mass is 16.4. The van der Waals surface area contributed by atoms with Crippen molar-refractivity contribution in [2.24, 2.45) is 5.92 Å². The van der Waals surface area contributed by atoms with Gasteiger partial charge in [-0.1, -0.05) is 19.3 Å². The lowest BCUT2D eigenvalue weighted by Gasteiger charge is -2.22. The van der Waals surface area contributed by atoms with Crippen LogP contribution in [0.1, 0.15) is 42.5 Å². The first kappa shape index (κ1) is 13.5. The average Bonchev–Trinajstić information content (AvgIpc) is 2.65. The van der Waals surface area contributed by atoms with Crippen LogP contribution < -0.4 is 5.32 Å². The molecule has 0 bridgehead atoms. The average molecular weight is 262 g/mol. The standard InChI is InChI=1S/C14H18N2O3/c17-13(10-6-8-15-9-7-10)16-12-5-3-1-2-4-11(12)14(18)19/h6-9,11-12H,1-5H2,(H,16,17)(H,18,19)/t11-,12+/m0/s1. The molecule has 2 rings (SSSR count). The summed E-state index contributed by atoms with van der Waals surface area (Å²) >= 11 is 0. The summed E-state index contributed by atoms with van der Waals surface area (Å²) in [5.41, 5.74) is 0.517. The van der Waals surface area contributed by atoms with Crippen LogP contribution in [0.15, 0.2) is 24.5 Å². The first-order chi connectivity index (χ1) is 9.18. The quantitative estimate of drug-likeness (QED) is 0.815. The lowest BCUT2D eigenvalue weighted by molar-refractivity contribution is -0.142. The first-order valence-electron chi connectivity index (χ1n) is 6.62. The van der Waals surface area contributed by atoms with Crippen molar-refractivity contribution in [2.45, 2.75) is 38.1 Å². The van der Waals surface area contributed by atoms with E-state index in [2.05, 4.69) is 10.3 Å². The van der Waals surface area contributed by atoms with Gasteiger partial charge in [0.05, 0.1) is 5.92 Å². The number of hydrogen-bond acceptors (Lipinski definition) is 3. The van der Waals surface area contributed by atoms with Gasteiger partial charge in [0.2, 0.25) is 0 Å². The van der Waals surface area contributed by atoms with Crippen LogP contribution in [0, 0.1) is 5.92 Å². The monoisotopic (exact) mass is 262 g/mol. The maximum atomic E-state index is 12.1. The molecule has 1 aliphatic rings. The summed E-state index contributed by atoms with van der Waals surface area (Å²) in [6.07, 6.45) is 7.38. The van der Waals surface area contributed by atoms with Crippen LogP contribution >= 0.6 is 0 Å². The molecule has 0 unspecified atom stereocenters. The summed E-state index contributed by atoms with van der Waals surface area (Å²) in [5.74, 6) is -1.52. The summed E-state index contributed by atoms with van der Waals surface area (Å²) in [4.78, 5) is 27.2. The van der Waals surface area contributed by atoms with Gasteiger partial charge in [0.25, 0.3) is 5.91 Å². The third kappa shape index (κ3) is 3.53. The van der Waals surface area contributed by atoms with Crippen molar-refractivity contribution in [1.82, 2.24) is 10.3 Å². The molecule has 1 heterocycles. The molecule has 1 aromatic rings. The Hall–Kier alpha value is -1.91. The molecule has 19 heavy (non-hydrogen) atoms. The Morgan fingerprint density at radius 1 is 1.16 bits per heavy atom. The number of pyridine rings is 1. The van der Waals surface area contributed by atoms with E-state index in [1.54, 1.807) is 24.5 Å². The van der Waals surface area contributed by atoms with Crippen LogP contribution in [0.5, 0.6) is 0 Å². The van der Waals surface area contributed by atoms with E-state index in [1.165, 1.54) is 0 Å². The van der Waals surface area contributed by atoms with Crippen molar-refractivity contribution >= 4 is 11.9 Å². The van der Waals surface area contributed by atoms with Crippen LogP contribution in [0.3, 0.4) is 0 Å². The van der Waals surface area contributed by atoms with Crippen LogP contribution in [-0.4, -0.2) is 28.0 Å². The zero-order chi connectivity index (χ0) is 13.7. The van der Waals surface area contributed by atoms with Gasteiger partial charge in [0.1, 0.15) is 0 Å². The molecule has 5 nitrogen and oxygen atoms in total. The molecule has 1 amide bonds. The molecule has 1 fully saturated rings. The predicted octanol–water partition coefficient (Wildman–Crippen LogP) is 1.84. The second-order valence-corrected chi connectivity index (χ2v) is 4.90. The van der Waals surface area contributed by atoms with Crippen LogP contribution in [0.25, 0.3) is 0 Å². The number of nitrogens with one attached hydrogen (secondary N) is 1. The summed E-state index contributed by atoms with van der Waals surface area (Å²) in [6.45, 7) is 0. The van der Waals surface area contributed by atoms with E-state index in [1.807, 2.05) is 0 Å². The fourth-order valence-corrected chi connectivity index (χ4v) is 2.53. The van der Waals surface area contributed by atoms with Gasteiger partial charge in [-0.3, -0.25) is 14.6 Å². The van der Waals surface area contributed by atoms with E-state index in [4.69, 9.17) is 0 Å². The fraction of sp³-hybridized carbons (Fsp3) is 0.500. The topological polar surface area (TPSA) is 79.3 Å². The van der Waals surface area contributed by atoms with Crippen molar-refractivity contribution < 1.29 is 14.7 Å². The smallest absolute Gasteiger partial charge is 0.308 e. The Morgan fingerprint density at radius 2 is 1.84 bits per heavy atom. The van der Waals surface area contributed by atoms with Crippen LogP contribution in [0.4, 0.5) is 0 Å². The van der Waals surface area contributed by atoms with Crippen LogP contribution in [-0.2, 0) is 4.79 Å². The number of nitrogens with zero attached hydrogens (tertiary/aromatic N) is 1. The molecule has 1 aromatic heterocycles. The number of amides is 1. The lowest BCUT2D eigenvalue weighted by atomic mass is 9.94. The number of rotatable bonds is 3. The van der Waals surface area contributed by atoms with Crippen molar-refractivity contribution in [2.75, 3.05) is 0 Å². The Balaban J connectivity index is 2.06. The molecule has 0 saturated heterocycles. The fourth-order valence-electron chi connectivity index (χ4n) is 2.53. The molecule has 0 spiro atoms. The molecule has 1 aliphatic carbocycles. The van der Waals surface area contributed by atoms with Gasteiger partial charge in [0, 0.05) is 24.0 Å². The SMILES string of the molecule is O=C(N[C@@H]1CCCCC[C@@H]1C(=O)O)c1ccncc1. The van der Waals surface area contributed by atoms with Crippen molar-refractivity contribution in [3.8, 4) is 0 Å². The van der Waals surface area contributed by atoms with Gasteiger partial charge >= 0.3 is 5.97 Å². The molecule has 5 heteroatoms. The number of hydrogen-bond donors (Lipinski definition) is 2. The third-order valence-corrected chi connectivity index (χ3v) is 3.59. The van der Waals surface area contributed by atoms with E-state index >= 15 is 0 Å². The number of aromatic nitrogens is 1. The number of carbonyl (C=O) groups excluding carboxylic acids is 1. The van der Waals surface area contributed by atoms with Gasteiger partial charge in [-0.2, -0.15) is 0 Å². The van der Waals surface area contributed by atoms with Gasteiger partial charge in [0.15, 0.2) is 0 Å². The van der Waals surface area contributed by atoms with Gasteiger partial charge in [-0.25, -0.2) is 0 Å². The summed E-state index contributed by atoms with van der Waals surface area (Å²) in [6, 6.07) is 2.98. The Kier molecular flexibility index (Phi) is 4.49. The minimum Gasteiger partial charge on any atom is -0.481 e. The molecule has 0 aromatic carbocycles. The minimum absolute atomic E-state index is 0.222. The van der Waals surface area contributed by atoms with Crippen LogP contribution in [0.2, 0.25) is 0 Å². The second-order valence-electron chi connectivity index (χ2n) is 4.90. The third-order valence-electron chi connectivity index (χ3n) is 3.59. The molecule has 2 atom stereocenters. The maximum Gasteiger partial charge on any atom is 0.308 e. The normalized spacial score (nSPS) is 23.4. The highest BCUT2D eigenvalue weighted by Crippen LogP contribution is 2.24. The maximum absolute atomic E-state index is 12.1. The zero-order valence-electron chi connectivity index (χ0n) is 10.7. The molecule has 102 valence electrons. The Labute approximate surface area is 112 Å². The van der Waals surface area contributed by atoms with E-state index < -0.39 is 11.9 Å². The van der Waals surface area contributed by atoms with Gasteiger partial charge < -0.3 is 10.4 Å². The molecular weight excluding hydrogens is 244 g/mol. The highest BCUT2D eigenvalue weighted by Gasteiger charge is 2.30. The summed E-state index contributed by atoms with van der Waals surface area (Å²) in [7, 11) is 0. The number of carboxylic acids is 1. The number of carbonyl (C=O) groups is 2. The largest absolute Gasteiger partial charge is 0.481 e. The molecule has 1 saturated carbocycles. The summed E-state index contributed by atoms with van der Waals surface area (Å²) < 4.78 is 0. The number of carboxylic acid groups (broad SMARTS) is 1. The predicted molar refractivity (Wildman–Crippen MR) is 69.7 cm³/mol. The van der Waals surface area contributed by atoms with Gasteiger partial charge in [-0.15, -0.1) is 0 Å². The van der Waals surface area contributed by atoms with Crippen molar-refractivity contribution in [1.29, 1.82) is 0 Å². The van der Waals surface area contributed by atoms with E-state index in [0.717, 1.165) is 25.7 Å². The Morgan fingerprint density at radius 3 is 2.53 bits per heavy atom. The Bertz CT molecular complexity index is 447. The highest BCUT2D eigenvalue weighted by molar-refractivity contribution is 5.94. The second kappa shape index (κ2) is 6.31. The minimum atomic E-state index is -0.818. The zero-order valence-corrected chi connectivity index (χ0v) is 10.7. The van der Waals surface area contributed by atoms with E-state index in [-0.39, 0.29) is 11.9 Å². The molecule has 2 N–H and O–H groups in total. The summed E-state index contributed by atoms with van der Waals surface area (Å²) in [5, 5.41) is 12.1. The lowest BCUT2D eigenvalue weighted by Crippen LogP contribution is -2.42. The molecule has 0 radical (unpaired) electrons. The van der Waals surface area contributed by atoms with E-state index in [0.29, 0.717) is 12.0 Å². The van der Waals surface area contributed by atoms with Gasteiger partial charge in [-0.05, 0) is 25.0 Å². The number of aliphatic carboxylic acids is 1. The van der Waals surface area contributed by atoms with Crippen molar-refractivity contribution in [3.05, 3.63) is 30.1 Å². The van der Waals surface area contributed by atoms with E-state index in [9.17, 15) is 14.7 Å². The van der Waals surface area contributed by atoms with Crippen molar-refractivity contribution in [3.63, 3.8) is 0 Å². The molecule has 0 aliphatic heterocycles. The molecular formula is C14H18N2O3. The first-order valence-corrected chi connectivity index (χ1v) is 6.62.